The van der Waals surface area contributed by atoms with Gasteiger partial charge in [0.15, 0.2) is 0 Å². The first kappa shape index (κ1) is 13.9. The molecular formula is C16H12ClNO2S. The van der Waals surface area contributed by atoms with E-state index >= 15 is 0 Å². The molecule has 0 aliphatic heterocycles. The summed E-state index contributed by atoms with van der Waals surface area (Å²) in [6.45, 7) is 0. The fourth-order valence-electron chi connectivity index (χ4n) is 2.11. The molecule has 3 aromatic rings. The van der Waals surface area contributed by atoms with Crippen molar-refractivity contribution in [2.45, 2.75) is 4.90 Å². The van der Waals surface area contributed by atoms with E-state index in [1.165, 1.54) is 0 Å². The van der Waals surface area contributed by atoms with E-state index in [2.05, 4.69) is 4.72 Å². The third-order valence-corrected chi connectivity index (χ3v) is 4.84. The SMILES string of the molecule is O=S(=O)(Nc1ccccc1)c1ccc2c(Cl)cccc2c1. The molecule has 0 unspecified atom stereocenters. The van der Waals surface area contributed by atoms with Crippen LogP contribution >= 0.6 is 11.6 Å². The van der Waals surface area contributed by atoms with Crippen LogP contribution in [0.25, 0.3) is 10.8 Å². The van der Waals surface area contributed by atoms with Crippen LogP contribution in [0.3, 0.4) is 0 Å². The minimum Gasteiger partial charge on any atom is -0.280 e. The van der Waals surface area contributed by atoms with Crippen molar-refractivity contribution in [2.24, 2.45) is 0 Å². The van der Waals surface area contributed by atoms with Crippen molar-refractivity contribution in [3.63, 3.8) is 0 Å². The Kier molecular flexibility index (Phi) is 3.57. The fraction of sp³-hybridized carbons (Fsp3) is 0. The quantitative estimate of drug-likeness (QED) is 0.783. The Morgan fingerprint density at radius 1 is 0.857 bits per heavy atom. The number of para-hydroxylation sites is 1. The molecule has 3 aromatic carbocycles. The normalized spacial score (nSPS) is 11.5. The summed E-state index contributed by atoms with van der Waals surface area (Å²) in [5, 5.41) is 2.23. The number of hydrogen-bond donors (Lipinski definition) is 1. The first-order valence-corrected chi connectivity index (χ1v) is 8.18. The molecule has 1 N–H and O–H groups in total. The van der Waals surface area contributed by atoms with Crippen LogP contribution in [0.2, 0.25) is 5.02 Å². The van der Waals surface area contributed by atoms with Gasteiger partial charge in [-0.15, -0.1) is 0 Å². The summed E-state index contributed by atoms with van der Waals surface area (Å²) < 4.78 is 27.3. The van der Waals surface area contributed by atoms with Crippen molar-refractivity contribution in [1.29, 1.82) is 0 Å². The number of benzene rings is 3. The summed E-state index contributed by atoms with van der Waals surface area (Å²) >= 11 is 6.09. The molecule has 0 saturated heterocycles. The molecule has 0 saturated carbocycles. The summed E-state index contributed by atoms with van der Waals surface area (Å²) in [5.74, 6) is 0. The Balaban J connectivity index is 2.03. The predicted octanol–water partition coefficient (Wildman–Crippen LogP) is 4.29. The van der Waals surface area contributed by atoms with Gasteiger partial charge in [-0.05, 0) is 35.7 Å². The van der Waals surface area contributed by atoms with Gasteiger partial charge in [-0.3, -0.25) is 4.72 Å². The van der Waals surface area contributed by atoms with Gasteiger partial charge in [0.2, 0.25) is 0 Å². The second-order valence-corrected chi connectivity index (χ2v) is 6.68. The summed E-state index contributed by atoms with van der Waals surface area (Å²) in [5.41, 5.74) is 0.531. The number of hydrogen-bond acceptors (Lipinski definition) is 2. The van der Waals surface area contributed by atoms with E-state index in [4.69, 9.17) is 11.6 Å². The maximum Gasteiger partial charge on any atom is 0.261 e. The maximum atomic E-state index is 12.4. The lowest BCUT2D eigenvalue weighted by molar-refractivity contribution is 0.601. The minimum atomic E-state index is -3.61. The Bertz CT molecular complexity index is 893. The molecule has 0 aliphatic carbocycles. The Hall–Kier alpha value is -2.04. The Morgan fingerprint density at radius 3 is 2.38 bits per heavy atom. The lowest BCUT2D eigenvalue weighted by Crippen LogP contribution is -2.12. The van der Waals surface area contributed by atoms with Crippen molar-refractivity contribution in [3.8, 4) is 0 Å². The van der Waals surface area contributed by atoms with E-state index in [1.54, 1.807) is 54.6 Å². The monoisotopic (exact) mass is 317 g/mol. The molecular weight excluding hydrogens is 306 g/mol. The lowest BCUT2D eigenvalue weighted by Gasteiger charge is -2.09. The Morgan fingerprint density at radius 2 is 1.62 bits per heavy atom. The average Bonchev–Trinajstić information content (AvgIpc) is 2.48. The van der Waals surface area contributed by atoms with E-state index in [1.807, 2.05) is 12.1 Å². The molecule has 0 fully saturated rings. The third-order valence-electron chi connectivity index (χ3n) is 3.13. The van der Waals surface area contributed by atoms with E-state index < -0.39 is 10.0 Å². The summed E-state index contributed by atoms with van der Waals surface area (Å²) in [7, 11) is -3.61. The first-order valence-electron chi connectivity index (χ1n) is 6.32. The topological polar surface area (TPSA) is 46.2 Å². The van der Waals surface area contributed by atoms with E-state index in [0.29, 0.717) is 10.7 Å². The van der Waals surface area contributed by atoms with Crippen LogP contribution in [0.1, 0.15) is 0 Å². The number of sulfonamides is 1. The molecule has 0 aliphatic rings. The molecule has 0 bridgehead atoms. The van der Waals surface area contributed by atoms with Gasteiger partial charge in [0.05, 0.1) is 4.90 Å². The standard InChI is InChI=1S/C16H12ClNO2S/c17-16-8-4-5-12-11-14(9-10-15(12)16)21(19,20)18-13-6-2-1-3-7-13/h1-11,18H. The summed E-state index contributed by atoms with van der Waals surface area (Å²) in [6.07, 6.45) is 0. The second kappa shape index (κ2) is 5.39. The van der Waals surface area contributed by atoms with E-state index in [0.717, 1.165) is 10.8 Å². The van der Waals surface area contributed by atoms with Crippen LogP contribution in [0.5, 0.6) is 0 Å². The zero-order valence-corrected chi connectivity index (χ0v) is 12.5. The third kappa shape index (κ3) is 2.86. The molecule has 5 heteroatoms. The van der Waals surface area contributed by atoms with Gasteiger partial charge in [-0.25, -0.2) is 8.42 Å². The second-order valence-electron chi connectivity index (χ2n) is 4.59. The highest BCUT2D eigenvalue weighted by Gasteiger charge is 2.14. The number of fused-ring (bicyclic) bond motifs is 1. The van der Waals surface area contributed by atoms with Gasteiger partial charge in [0, 0.05) is 16.1 Å². The fourth-order valence-corrected chi connectivity index (χ4v) is 3.45. The zero-order chi connectivity index (χ0) is 14.9. The smallest absolute Gasteiger partial charge is 0.261 e. The van der Waals surface area contributed by atoms with Crippen LogP contribution < -0.4 is 4.72 Å². The van der Waals surface area contributed by atoms with Crippen molar-refractivity contribution in [1.82, 2.24) is 0 Å². The van der Waals surface area contributed by atoms with Crippen LogP contribution in [-0.4, -0.2) is 8.42 Å². The highest BCUT2D eigenvalue weighted by atomic mass is 35.5. The summed E-state index contributed by atoms with van der Waals surface area (Å²) in [6, 6.07) is 19.1. The highest BCUT2D eigenvalue weighted by molar-refractivity contribution is 7.92. The molecule has 0 aromatic heterocycles. The Labute approximate surface area is 128 Å². The predicted molar refractivity (Wildman–Crippen MR) is 86.2 cm³/mol. The molecule has 0 amide bonds. The maximum absolute atomic E-state index is 12.4. The van der Waals surface area contributed by atoms with Crippen molar-refractivity contribution < 1.29 is 8.42 Å². The average molecular weight is 318 g/mol. The lowest BCUT2D eigenvalue weighted by atomic mass is 10.1. The molecule has 106 valence electrons. The molecule has 0 spiro atoms. The van der Waals surface area contributed by atoms with Crippen molar-refractivity contribution in [2.75, 3.05) is 4.72 Å². The minimum absolute atomic E-state index is 0.209. The largest absolute Gasteiger partial charge is 0.280 e. The van der Waals surface area contributed by atoms with Crippen molar-refractivity contribution in [3.05, 3.63) is 71.8 Å². The van der Waals surface area contributed by atoms with Crippen LogP contribution in [0, 0.1) is 0 Å². The zero-order valence-electron chi connectivity index (χ0n) is 11.0. The van der Waals surface area contributed by atoms with Gasteiger partial charge in [-0.1, -0.05) is 48.0 Å². The molecule has 0 atom stereocenters. The number of halogens is 1. The van der Waals surface area contributed by atoms with Gasteiger partial charge in [-0.2, -0.15) is 0 Å². The molecule has 21 heavy (non-hydrogen) atoms. The summed E-state index contributed by atoms with van der Waals surface area (Å²) in [4.78, 5) is 0.209. The van der Waals surface area contributed by atoms with Crippen molar-refractivity contribution >= 4 is 38.1 Å². The van der Waals surface area contributed by atoms with Crippen LogP contribution in [-0.2, 0) is 10.0 Å². The van der Waals surface area contributed by atoms with Gasteiger partial charge >= 0.3 is 0 Å². The highest BCUT2D eigenvalue weighted by Crippen LogP contribution is 2.26. The van der Waals surface area contributed by atoms with Crippen LogP contribution in [0.15, 0.2) is 71.6 Å². The van der Waals surface area contributed by atoms with Crippen LogP contribution in [0.4, 0.5) is 5.69 Å². The molecule has 3 nitrogen and oxygen atoms in total. The molecule has 0 radical (unpaired) electrons. The van der Waals surface area contributed by atoms with Gasteiger partial charge in [0.1, 0.15) is 0 Å². The first-order chi connectivity index (χ1) is 10.1. The van der Waals surface area contributed by atoms with E-state index in [9.17, 15) is 8.42 Å². The number of rotatable bonds is 3. The molecule has 0 heterocycles. The number of nitrogens with one attached hydrogen (secondary N) is 1. The van der Waals surface area contributed by atoms with Gasteiger partial charge < -0.3 is 0 Å². The van der Waals surface area contributed by atoms with E-state index in [-0.39, 0.29) is 4.90 Å². The molecule has 3 rings (SSSR count). The van der Waals surface area contributed by atoms with Gasteiger partial charge in [0.25, 0.3) is 10.0 Å². The number of anilines is 1.